The number of hydrogen-bond acceptors (Lipinski definition) is 5. The summed E-state index contributed by atoms with van der Waals surface area (Å²) >= 11 is 33.8. The number of rotatable bonds is 4. The van der Waals surface area contributed by atoms with Gasteiger partial charge in [-0.25, -0.2) is 14.5 Å². The molecule has 0 saturated heterocycles. The molecule has 0 radical (unpaired) electrons. The van der Waals surface area contributed by atoms with Gasteiger partial charge >= 0.3 is 12.2 Å². The number of fused-ring (bicyclic) bond motifs is 1. The molecule has 0 bridgehead atoms. The van der Waals surface area contributed by atoms with E-state index in [4.69, 9.17) is 79.1 Å². The molecule has 0 spiro atoms. The molecule has 13 heteroatoms. The van der Waals surface area contributed by atoms with Crippen molar-refractivity contribution in [3.05, 3.63) is 36.9 Å². The first-order valence-electron chi connectivity index (χ1n) is 8.29. The summed E-state index contributed by atoms with van der Waals surface area (Å²) in [5, 5.41) is 10.9. The second-order valence-electron chi connectivity index (χ2n) is 6.07. The summed E-state index contributed by atoms with van der Waals surface area (Å²) in [6, 6.07) is 5.28. The SMILES string of the molecule is C=CCC1C(O)N(C(=O)OCC(Cl)(Cl)Cl)c2ccccc2N1C(=O)OCC(Cl)(Cl)Cl. The summed E-state index contributed by atoms with van der Waals surface area (Å²) < 4.78 is 6.41. The number of halogens is 6. The van der Waals surface area contributed by atoms with Crippen molar-refractivity contribution in [3.8, 4) is 0 Å². The van der Waals surface area contributed by atoms with Crippen molar-refractivity contribution in [2.45, 2.75) is 26.3 Å². The number of hydrogen-bond donors (Lipinski definition) is 1. The number of anilines is 2. The van der Waals surface area contributed by atoms with Crippen LogP contribution in [0.25, 0.3) is 0 Å². The van der Waals surface area contributed by atoms with Crippen LogP contribution < -0.4 is 9.80 Å². The Hall–Kier alpha value is -0.800. The first-order valence-corrected chi connectivity index (χ1v) is 10.6. The van der Waals surface area contributed by atoms with E-state index in [9.17, 15) is 14.7 Å². The first-order chi connectivity index (χ1) is 13.9. The van der Waals surface area contributed by atoms with Gasteiger partial charge in [-0.15, -0.1) is 6.58 Å². The number of aliphatic hydroxyl groups is 1. The Labute approximate surface area is 202 Å². The summed E-state index contributed by atoms with van der Waals surface area (Å²) in [7, 11) is 0. The number of carbonyl (C=O) groups excluding carboxylic acids is 2. The van der Waals surface area contributed by atoms with Crippen LogP contribution in [0.1, 0.15) is 6.42 Å². The minimum absolute atomic E-state index is 0.0899. The highest BCUT2D eigenvalue weighted by molar-refractivity contribution is 6.68. The third-order valence-corrected chi connectivity index (χ3v) is 4.52. The van der Waals surface area contributed by atoms with E-state index in [1.165, 1.54) is 12.1 Å². The maximum absolute atomic E-state index is 12.8. The van der Waals surface area contributed by atoms with Crippen LogP contribution in [-0.4, -0.2) is 50.4 Å². The predicted molar refractivity (Wildman–Crippen MR) is 119 cm³/mol. The normalized spacial score (nSPS) is 19.2. The van der Waals surface area contributed by atoms with Crippen LogP contribution in [-0.2, 0) is 9.47 Å². The lowest BCUT2D eigenvalue weighted by Crippen LogP contribution is -2.60. The van der Waals surface area contributed by atoms with Crippen molar-refractivity contribution in [1.82, 2.24) is 0 Å². The number of amides is 2. The lowest BCUT2D eigenvalue weighted by Gasteiger charge is -2.44. The molecule has 0 fully saturated rings. The van der Waals surface area contributed by atoms with Crippen molar-refractivity contribution < 1.29 is 24.2 Å². The zero-order valence-corrected chi connectivity index (χ0v) is 19.6. The molecule has 1 aromatic carbocycles. The fourth-order valence-corrected chi connectivity index (χ4v) is 3.09. The lowest BCUT2D eigenvalue weighted by molar-refractivity contribution is 0.0968. The van der Waals surface area contributed by atoms with Gasteiger partial charge in [0, 0.05) is 0 Å². The van der Waals surface area contributed by atoms with Gasteiger partial charge in [0.1, 0.15) is 13.2 Å². The molecule has 1 aliphatic heterocycles. The zero-order valence-electron chi connectivity index (χ0n) is 15.1. The second-order valence-corrected chi connectivity index (χ2v) is 11.1. The minimum atomic E-state index is -1.84. The van der Waals surface area contributed by atoms with Gasteiger partial charge in [-0.1, -0.05) is 87.8 Å². The predicted octanol–water partition coefficient (Wildman–Crippen LogP) is 5.59. The maximum atomic E-state index is 12.8. The van der Waals surface area contributed by atoms with Gasteiger partial charge in [0.2, 0.25) is 7.59 Å². The van der Waals surface area contributed by atoms with Crippen molar-refractivity contribution >= 4 is 93.2 Å². The quantitative estimate of drug-likeness (QED) is 0.398. The molecule has 2 amide bonds. The minimum Gasteiger partial charge on any atom is -0.445 e. The van der Waals surface area contributed by atoms with E-state index in [1.807, 2.05) is 0 Å². The summed E-state index contributed by atoms with van der Waals surface area (Å²) in [4.78, 5) is 27.5. The Kier molecular flexibility index (Phi) is 8.67. The van der Waals surface area contributed by atoms with Gasteiger partial charge < -0.3 is 14.6 Å². The van der Waals surface area contributed by atoms with Crippen LogP contribution in [0.3, 0.4) is 0 Å². The number of nitrogens with zero attached hydrogens (tertiary/aromatic N) is 2. The molecule has 0 aromatic heterocycles. The highest BCUT2D eigenvalue weighted by atomic mass is 35.6. The van der Waals surface area contributed by atoms with Gasteiger partial charge in [0.25, 0.3) is 0 Å². The van der Waals surface area contributed by atoms with E-state index >= 15 is 0 Å². The molecule has 30 heavy (non-hydrogen) atoms. The van der Waals surface area contributed by atoms with Crippen molar-refractivity contribution in [2.75, 3.05) is 23.0 Å². The van der Waals surface area contributed by atoms with Gasteiger partial charge in [-0.2, -0.15) is 0 Å². The maximum Gasteiger partial charge on any atom is 0.416 e. The smallest absolute Gasteiger partial charge is 0.416 e. The van der Waals surface area contributed by atoms with Gasteiger partial charge in [-0.05, 0) is 18.6 Å². The molecule has 1 N–H and O–H groups in total. The summed E-state index contributed by atoms with van der Waals surface area (Å²) in [5.74, 6) is 0. The largest absolute Gasteiger partial charge is 0.445 e. The van der Waals surface area contributed by atoms with Crippen LogP contribution in [0.15, 0.2) is 36.9 Å². The molecular weight excluding hydrogens is 525 g/mol. The fourth-order valence-electron chi connectivity index (χ4n) is 2.76. The molecule has 0 saturated carbocycles. The molecule has 0 aliphatic carbocycles. The molecule has 1 aliphatic rings. The van der Waals surface area contributed by atoms with E-state index in [0.29, 0.717) is 0 Å². The average molecular weight is 541 g/mol. The number of ether oxygens (including phenoxy) is 2. The van der Waals surface area contributed by atoms with E-state index in [0.717, 1.165) is 9.80 Å². The van der Waals surface area contributed by atoms with E-state index in [-0.39, 0.29) is 17.8 Å². The summed E-state index contributed by atoms with van der Waals surface area (Å²) in [6.45, 7) is 2.54. The Morgan fingerprint density at radius 1 is 0.967 bits per heavy atom. The molecule has 7 nitrogen and oxygen atoms in total. The molecule has 2 atom stereocenters. The monoisotopic (exact) mass is 538 g/mol. The number of alkyl halides is 6. The van der Waals surface area contributed by atoms with Gasteiger partial charge in [-0.3, -0.25) is 4.90 Å². The molecular formula is C17H16Cl6N2O5. The van der Waals surface area contributed by atoms with Crippen LogP contribution in [0.4, 0.5) is 21.0 Å². The molecule has 166 valence electrons. The fraction of sp³-hybridized carbons (Fsp3) is 0.412. The molecule has 2 rings (SSSR count). The van der Waals surface area contributed by atoms with Gasteiger partial charge in [0.05, 0.1) is 17.4 Å². The highest BCUT2D eigenvalue weighted by Crippen LogP contribution is 2.40. The Morgan fingerprint density at radius 2 is 1.40 bits per heavy atom. The van der Waals surface area contributed by atoms with Crippen LogP contribution in [0.5, 0.6) is 0 Å². The van der Waals surface area contributed by atoms with Crippen molar-refractivity contribution in [3.63, 3.8) is 0 Å². The third-order valence-electron chi connectivity index (χ3n) is 3.86. The van der Waals surface area contributed by atoms with Crippen LogP contribution in [0, 0.1) is 0 Å². The third kappa shape index (κ3) is 6.60. The number of para-hydroxylation sites is 2. The van der Waals surface area contributed by atoms with E-state index in [2.05, 4.69) is 6.58 Å². The number of benzene rings is 1. The van der Waals surface area contributed by atoms with Crippen LogP contribution in [0.2, 0.25) is 0 Å². The van der Waals surface area contributed by atoms with Crippen molar-refractivity contribution in [1.29, 1.82) is 0 Å². The van der Waals surface area contributed by atoms with Gasteiger partial charge in [0.15, 0.2) is 6.23 Å². The summed E-state index contributed by atoms with van der Waals surface area (Å²) in [5.41, 5.74) is 0.403. The van der Waals surface area contributed by atoms with E-state index < -0.39 is 45.3 Å². The topological polar surface area (TPSA) is 79.3 Å². The number of carbonyl (C=O) groups is 2. The lowest BCUT2D eigenvalue weighted by atomic mass is 10.0. The molecule has 2 unspecified atom stereocenters. The molecule has 1 aromatic rings. The van der Waals surface area contributed by atoms with Crippen LogP contribution >= 0.6 is 69.6 Å². The summed E-state index contributed by atoms with van der Waals surface area (Å²) in [6.07, 6.45) is -1.87. The Bertz CT molecular complexity index is 798. The first kappa shape index (κ1) is 25.5. The highest BCUT2D eigenvalue weighted by Gasteiger charge is 2.45. The molecule has 1 heterocycles. The standard InChI is InChI=1S/C17H16Cl6N2O5/c1-2-5-12-13(26)25(15(28)30-9-17(21,22)23)11-7-4-3-6-10(11)24(12)14(27)29-8-16(18,19)20/h2-4,6-7,12-13,26H,1,5,8-9H2. The van der Waals surface area contributed by atoms with E-state index in [1.54, 1.807) is 18.2 Å². The number of aliphatic hydroxyl groups excluding tert-OH is 1. The second kappa shape index (κ2) is 10.2. The van der Waals surface area contributed by atoms with Crippen molar-refractivity contribution in [2.24, 2.45) is 0 Å². The Morgan fingerprint density at radius 3 is 1.83 bits per heavy atom. The zero-order chi connectivity index (χ0) is 22.7. The average Bonchev–Trinajstić information content (AvgIpc) is 2.64. The Balaban J connectivity index is 2.42.